The third kappa shape index (κ3) is 4.37. The summed E-state index contributed by atoms with van der Waals surface area (Å²) in [4.78, 5) is 19.3. The molecule has 1 fully saturated rings. The largest absolute Gasteiger partial charge is 0.375 e. The van der Waals surface area contributed by atoms with Gasteiger partial charge in [-0.3, -0.25) is 4.79 Å². The van der Waals surface area contributed by atoms with E-state index >= 15 is 0 Å². The van der Waals surface area contributed by atoms with E-state index in [1.165, 1.54) is 24.2 Å². The van der Waals surface area contributed by atoms with Gasteiger partial charge in [-0.05, 0) is 42.8 Å². The Hall–Kier alpha value is -2.49. The summed E-state index contributed by atoms with van der Waals surface area (Å²) in [6, 6.07) is 18.5. The van der Waals surface area contributed by atoms with Gasteiger partial charge in [-0.25, -0.2) is 0 Å². The maximum absolute atomic E-state index is 12.8. The molecule has 2 aromatic rings. The summed E-state index contributed by atoms with van der Waals surface area (Å²) in [5.41, 5.74) is 3.19. The van der Waals surface area contributed by atoms with Crippen LogP contribution in [0.4, 0.5) is 11.4 Å². The van der Waals surface area contributed by atoms with Crippen molar-refractivity contribution >= 4 is 17.3 Å². The van der Waals surface area contributed by atoms with Gasteiger partial charge < -0.3 is 14.7 Å². The van der Waals surface area contributed by atoms with Gasteiger partial charge in [0.05, 0.1) is 0 Å². The van der Waals surface area contributed by atoms with E-state index in [1.54, 1.807) is 0 Å². The van der Waals surface area contributed by atoms with E-state index in [0.717, 1.165) is 38.3 Å². The highest BCUT2D eigenvalue weighted by molar-refractivity contribution is 5.94. The molecule has 0 saturated carbocycles. The van der Waals surface area contributed by atoms with Gasteiger partial charge in [0.2, 0.25) is 0 Å². The average Bonchev–Trinajstić information content (AvgIpc) is 2.72. The van der Waals surface area contributed by atoms with E-state index in [4.69, 9.17) is 0 Å². The highest BCUT2D eigenvalue weighted by atomic mass is 16.2. The number of benzene rings is 2. The fraction of sp³-hybridized carbons (Fsp3) is 0.409. The first kappa shape index (κ1) is 18.3. The standard InChI is InChI=1S/C22H29N3O/c1-3-4-14-23(2)20-12-10-19(11-13-20)22(26)25-17-15-24(16-18-25)21-8-6-5-7-9-21/h5-13H,3-4,14-18H2,1-2H3. The molecule has 0 spiro atoms. The number of carbonyl (C=O) groups excluding carboxylic acids is 1. The minimum Gasteiger partial charge on any atom is -0.375 e. The number of anilines is 2. The van der Waals surface area contributed by atoms with E-state index in [0.29, 0.717) is 0 Å². The van der Waals surface area contributed by atoms with Crippen LogP contribution in [0.2, 0.25) is 0 Å². The zero-order valence-corrected chi connectivity index (χ0v) is 15.9. The highest BCUT2D eigenvalue weighted by Crippen LogP contribution is 2.19. The van der Waals surface area contributed by atoms with Crippen molar-refractivity contribution in [3.63, 3.8) is 0 Å². The first-order chi connectivity index (χ1) is 12.7. The monoisotopic (exact) mass is 351 g/mol. The van der Waals surface area contributed by atoms with Crippen LogP contribution in [0, 0.1) is 0 Å². The maximum atomic E-state index is 12.8. The SMILES string of the molecule is CCCCN(C)c1ccc(C(=O)N2CCN(c3ccccc3)CC2)cc1. The Bertz CT molecular complexity index is 691. The number of piperazine rings is 1. The van der Waals surface area contributed by atoms with Crippen LogP contribution in [0.15, 0.2) is 54.6 Å². The summed E-state index contributed by atoms with van der Waals surface area (Å²) in [5, 5.41) is 0. The lowest BCUT2D eigenvalue weighted by atomic mass is 10.1. The molecular weight excluding hydrogens is 322 g/mol. The molecule has 1 amide bonds. The summed E-state index contributed by atoms with van der Waals surface area (Å²) >= 11 is 0. The second-order valence-electron chi connectivity index (χ2n) is 6.94. The van der Waals surface area contributed by atoms with Crippen LogP contribution >= 0.6 is 0 Å². The number of rotatable bonds is 6. The molecule has 0 radical (unpaired) electrons. The summed E-state index contributed by atoms with van der Waals surface area (Å²) in [5.74, 6) is 0.139. The van der Waals surface area contributed by atoms with Crippen LogP contribution in [0.25, 0.3) is 0 Å². The summed E-state index contributed by atoms with van der Waals surface area (Å²) in [6.45, 7) is 6.55. The van der Waals surface area contributed by atoms with Crippen LogP contribution < -0.4 is 9.80 Å². The van der Waals surface area contributed by atoms with E-state index in [9.17, 15) is 4.79 Å². The number of nitrogens with zero attached hydrogens (tertiary/aromatic N) is 3. The molecule has 0 atom stereocenters. The van der Waals surface area contributed by atoms with Crippen molar-refractivity contribution in [2.75, 3.05) is 49.6 Å². The van der Waals surface area contributed by atoms with E-state index < -0.39 is 0 Å². The van der Waals surface area contributed by atoms with Crippen LogP contribution in [-0.2, 0) is 0 Å². The smallest absolute Gasteiger partial charge is 0.253 e. The third-order valence-electron chi connectivity index (χ3n) is 5.09. The third-order valence-corrected chi connectivity index (χ3v) is 5.09. The van der Waals surface area contributed by atoms with Gasteiger partial charge in [-0.2, -0.15) is 0 Å². The first-order valence-electron chi connectivity index (χ1n) is 9.59. The van der Waals surface area contributed by atoms with E-state index in [1.807, 2.05) is 23.1 Å². The molecule has 4 heteroatoms. The number of para-hydroxylation sites is 1. The van der Waals surface area contributed by atoms with Crippen molar-refractivity contribution in [1.82, 2.24) is 4.90 Å². The molecule has 26 heavy (non-hydrogen) atoms. The van der Waals surface area contributed by atoms with Crippen molar-refractivity contribution in [2.24, 2.45) is 0 Å². The molecule has 1 aliphatic heterocycles. The van der Waals surface area contributed by atoms with E-state index in [-0.39, 0.29) is 5.91 Å². The molecule has 1 saturated heterocycles. The molecule has 2 aromatic carbocycles. The fourth-order valence-corrected chi connectivity index (χ4v) is 3.37. The van der Waals surface area contributed by atoms with Crippen molar-refractivity contribution in [1.29, 1.82) is 0 Å². The molecule has 0 aromatic heterocycles. The Kier molecular flexibility index (Phi) is 6.16. The second-order valence-corrected chi connectivity index (χ2v) is 6.94. The molecule has 1 heterocycles. The fourth-order valence-electron chi connectivity index (χ4n) is 3.37. The molecular formula is C22H29N3O. The minimum atomic E-state index is 0.139. The second kappa shape index (κ2) is 8.75. The molecule has 3 rings (SSSR count). The van der Waals surface area contributed by atoms with E-state index in [2.05, 4.69) is 60.2 Å². The normalized spacial score (nSPS) is 14.4. The predicted molar refractivity (Wildman–Crippen MR) is 109 cm³/mol. The number of carbonyl (C=O) groups is 1. The summed E-state index contributed by atoms with van der Waals surface area (Å²) in [7, 11) is 2.11. The van der Waals surface area contributed by atoms with Gasteiger partial charge >= 0.3 is 0 Å². The molecule has 138 valence electrons. The van der Waals surface area contributed by atoms with Gasteiger partial charge in [0.25, 0.3) is 5.91 Å². The molecule has 0 bridgehead atoms. The summed E-state index contributed by atoms with van der Waals surface area (Å²) in [6.07, 6.45) is 2.37. The molecule has 1 aliphatic rings. The Morgan fingerprint density at radius 1 is 0.962 bits per heavy atom. The Balaban J connectivity index is 1.56. The lowest BCUT2D eigenvalue weighted by Crippen LogP contribution is -2.48. The molecule has 0 aliphatic carbocycles. The van der Waals surface area contributed by atoms with Gasteiger partial charge in [0, 0.05) is 56.7 Å². The minimum absolute atomic E-state index is 0.139. The van der Waals surface area contributed by atoms with Gasteiger partial charge in [-0.15, -0.1) is 0 Å². The number of hydrogen-bond donors (Lipinski definition) is 0. The Morgan fingerprint density at radius 2 is 1.62 bits per heavy atom. The van der Waals surface area contributed by atoms with Crippen LogP contribution in [0.5, 0.6) is 0 Å². The quantitative estimate of drug-likeness (QED) is 0.790. The zero-order valence-electron chi connectivity index (χ0n) is 15.9. The maximum Gasteiger partial charge on any atom is 0.253 e. The average molecular weight is 351 g/mol. The van der Waals surface area contributed by atoms with Gasteiger partial charge in [-0.1, -0.05) is 31.5 Å². The Labute approximate surface area is 157 Å². The zero-order chi connectivity index (χ0) is 18.4. The topological polar surface area (TPSA) is 26.8 Å². The Morgan fingerprint density at radius 3 is 2.23 bits per heavy atom. The lowest BCUT2D eigenvalue weighted by Gasteiger charge is -2.36. The molecule has 0 N–H and O–H groups in total. The number of amides is 1. The van der Waals surface area contributed by atoms with Gasteiger partial charge in [0.15, 0.2) is 0 Å². The van der Waals surface area contributed by atoms with Gasteiger partial charge in [0.1, 0.15) is 0 Å². The lowest BCUT2D eigenvalue weighted by molar-refractivity contribution is 0.0747. The van der Waals surface area contributed by atoms with Crippen molar-refractivity contribution in [3.05, 3.63) is 60.2 Å². The van der Waals surface area contributed by atoms with Crippen molar-refractivity contribution < 1.29 is 4.79 Å². The van der Waals surface area contributed by atoms with Crippen LogP contribution in [0.3, 0.4) is 0 Å². The number of unbranched alkanes of at least 4 members (excludes halogenated alkanes) is 1. The summed E-state index contributed by atoms with van der Waals surface area (Å²) < 4.78 is 0. The van der Waals surface area contributed by atoms with Crippen molar-refractivity contribution in [2.45, 2.75) is 19.8 Å². The first-order valence-corrected chi connectivity index (χ1v) is 9.59. The van der Waals surface area contributed by atoms with Crippen LogP contribution in [0.1, 0.15) is 30.1 Å². The van der Waals surface area contributed by atoms with Crippen molar-refractivity contribution in [3.8, 4) is 0 Å². The van der Waals surface area contributed by atoms with Crippen LogP contribution in [-0.4, -0.2) is 50.6 Å². The highest BCUT2D eigenvalue weighted by Gasteiger charge is 2.22. The molecule has 4 nitrogen and oxygen atoms in total. The number of hydrogen-bond acceptors (Lipinski definition) is 3. The molecule has 0 unspecified atom stereocenters. The predicted octanol–water partition coefficient (Wildman–Crippen LogP) is 3.89.